The molecule has 2 aromatic heterocycles. The van der Waals surface area contributed by atoms with Crippen molar-refractivity contribution in [3.05, 3.63) is 36.0 Å². The number of para-hydroxylation sites is 1. The van der Waals surface area contributed by atoms with Gasteiger partial charge in [-0.2, -0.15) is 10.2 Å². The Bertz CT molecular complexity index is 735. The van der Waals surface area contributed by atoms with Crippen LogP contribution in [0.2, 0.25) is 0 Å². The number of aryl methyl sites for hydroxylation is 1. The van der Waals surface area contributed by atoms with Gasteiger partial charge in [-0.15, -0.1) is 0 Å². The number of hydrogen-bond donors (Lipinski definition) is 2. The van der Waals surface area contributed by atoms with Crippen molar-refractivity contribution in [1.82, 2.24) is 20.0 Å². The summed E-state index contributed by atoms with van der Waals surface area (Å²) in [6, 6.07) is 10.2. The van der Waals surface area contributed by atoms with Crippen molar-refractivity contribution >= 4 is 22.5 Å². The van der Waals surface area contributed by atoms with Crippen molar-refractivity contribution in [2.24, 2.45) is 7.05 Å². The smallest absolute Gasteiger partial charge is 0.161 e. The van der Waals surface area contributed by atoms with Crippen LogP contribution in [0.15, 0.2) is 30.3 Å². The average Bonchev–Trinajstić information content (AvgIpc) is 3.11. The molecular weight excluding hydrogens is 238 g/mol. The number of nitrogens with one attached hydrogen (secondary N) is 2. The van der Waals surface area contributed by atoms with Gasteiger partial charge in [0.2, 0.25) is 0 Å². The number of fused-ring (bicyclic) bond motifs is 1. The number of benzene rings is 1. The highest BCUT2D eigenvalue weighted by Gasteiger charge is 2.27. The van der Waals surface area contributed by atoms with Crippen LogP contribution in [0, 0.1) is 0 Å². The fourth-order valence-corrected chi connectivity index (χ4v) is 2.37. The molecule has 5 heteroatoms. The van der Waals surface area contributed by atoms with Gasteiger partial charge in [0.05, 0.1) is 11.2 Å². The molecule has 4 rings (SSSR count). The summed E-state index contributed by atoms with van der Waals surface area (Å²) in [4.78, 5) is 0. The Balaban J connectivity index is 1.70. The minimum atomic E-state index is 0.665. The number of aromatic nitrogens is 4. The summed E-state index contributed by atoms with van der Waals surface area (Å²) in [5.74, 6) is 2.50. The lowest BCUT2D eigenvalue weighted by atomic mass is 10.2. The molecule has 3 aromatic rings. The molecule has 0 spiro atoms. The third-order valence-electron chi connectivity index (χ3n) is 3.61. The molecule has 0 saturated heterocycles. The van der Waals surface area contributed by atoms with Crippen molar-refractivity contribution in [2.75, 3.05) is 5.32 Å². The summed E-state index contributed by atoms with van der Waals surface area (Å²) in [6.07, 6.45) is 2.53. The molecule has 1 aromatic carbocycles. The van der Waals surface area contributed by atoms with Gasteiger partial charge in [-0.05, 0) is 25.0 Å². The van der Waals surface area contributed by atoms with E-state index in [2.05, 4.69) is 32.7 Å². The van der Waals surface area contributed by atoms with E-state index in [0.717, 1.165) is 22.5 Å². The number of nitrogens with zero attached hydrogens (tertiary/aromatic N) is 3. The lowest BCUT2D eigenvalue weighted by Gasteiger charge is -2.02. The average molecular weight is 253 g/mol. The summed E-state index contributed by atoms with van der Waals surface area (Å²) in [6.45, 7) is 0. The number of rotatable bonds is 3. The quantitative estimate of drug-likeness (QED) is 0.754. The van der Waals surface area contributed by atoms with Crippen LogP contribution in [-0.4, -0.2) is 20.0 Å². The molecule has 5 nitrogen and oxygen atoms in total. The first-order chi connectivity index (χ1) is 9.31. The van der Waals surface area contributed by atoms with Crippen molar-refractivity contribution in [3.63, 3.8) is 0 Å². The summed E-state index contributed by atoms with van der Waals surface area (Å²) in [5, 5.41) is 16.4. The topological polar surface area (TPSA) is 58.5 Å². The second-order valence-corrected chi connectivity index (χ2v) is 5.10. The molecule has 0 radical (unpaired) electrons. The lowest BCUT2D eigenvalue weighted by molar-refractivity contribution is 0.751. The fraction of sp³-hybridized carbons (Fsp3) is 0.286. The molecule has 2 N–H and O–H groups in total. The zero-order valence-electron chi connectivity index (χ0n) is 10.7. The predicted molar refractivity (Wildman–Crippen MR) is 74.6 cm³/mol. The van der Waals surface area contributed by atoms with E-state index in [1.54, 1.807) is 0 Å². The Labute approximate surface area is 110 Å². The minimum absolute atomic E-state index is 0.665. The van der Waals surface area contributed by atoms with Crippen molar-refractivity contribution in [1.29, 1.82) is 0 Å². The van der Waals surface area contributed by atoms with Gasteiger partial charge in [0.15, 0.2) is 5.82 Å². The molecule has 96 valence electrons. The normalized spacial score (nSPS) is 15.0. The highest BCUT2D eigenvalue weighted by Crippen LogP contribution is 2.40. The second-order valence-electron chi connectivity index (χ2n) is 5.10. The SMILES string of the molecule is Cn1nc(C2CC2)cc1Nc1n[nH]c2ccccc12. The molecule has 0 amide bonds. The molecule has 2 heterocycles. The van der Waals surface area contributed by atoms with Gasteiger partial charge in [-0.3, -0.25) is 9.78 Å². The van der Waals surface area contributed by atoms with E-state index in [1.165, 1.54) is 18.5 Å². The van der Waals surface area contributed by atoms with Crippen LogP contribution in [0.25, 0.3) is 10.9 Å². The summed E-state index contributed by atoms with van der Waals surface area (Å²) in [7, 11) is 1.96. The zero-order chi connectivity index (χ0) is 12.8. The van der Waals surface area contributed by atoms with E-state index in [4.69, 9.17) is 0 Å². The summed E-state index contributed by atoms with van der Waals surface area (Å²) >= 11 is 0. The first-order valence-electron chi connectivity index (χ1n) is 6.55. The fourth-order valence-electron chi connectivity index (χ4n) is 2.37. The van der Waals surface area contributed by atoms with Crippen LogP contribution < -0.4 is 5.32 Å². The van der Waals surface area contributed by atoms with Crippen molar-refractivity contribution in [2.45, 2.75) is 18.8 Å². The molecule has 1 aliphatic carbocycles. The monoisotopic (exact) mass is 253 g/mol. The van der Waals surface area contributed by atoms with Crippen molar-refractivity contribution in [3.8, 4) is 0 Å². The third-order valence-corrected chi connectivity index (χ3v) is 3.61. The number of hydrogen-bond acceptors (Lipinski definition) is 3. The van der Waals surface area contributed by atoms with E-state index < -0.39 is 0 Å². The molecule has 1 aliphatic rings. The Morgan fingerprint density at radius 3 is 3.00 bits per heavy atom. The van der Waals surface area contributed by atoms with E-state index >= 15 is 0 Å². The number of aromatic amines is 1. The number of H-pyrrole nitrogens is 1. The highest BCUT2D eigenvalue weighted by molar-refractivity contribution is 5.90. The standard InChI is InChI=1S/C14H15N5/c1-19-13(8-12(18-19)9-6-7-9)15-14-10-4-2-3-5-11(10)16-17-14/h2-5,8-9H,6-7H2,1H3,(H2,15,16,17). The van der Waals surface area contributed by atoms with E-state index in [-0.39, 0.29) is 0 Å². The molecule has 0 atom stereocenters. The lowest BCUT2D eigenvalue weighted by Crippen LogP contribution is -1.99. The Morgan fingerprint density at radius 1 is 1.32 bits per heavy atom. The largest absolute Gasteiger partial charge is 0.323 e. The summed E-state index contributed by atoms with van der Waals surface area (Å²) in [5.41, 5.74) is 2.22. The van der Waals surface area contributed by atoms with Crippen LogP contribution in [-0.2, 0) is 7.05 Å². The van der Waals surface area contributed by atoms with Gasteiger partial charge in [0.1, 0.15) is 5.82 Å². The molecule has 19 heavy (non-hydrogen) atoms. The first-order valence-corrected chi connectivity index (χ1v) is 6.55. The van der Waals surface area contributed by atoms with Crippen LogP contribution in [0.5, 0.6) is 0 Å². The number of anilines is 2. The molecule has 0 bridgehead atoms. The molecule has 1 saturated carbocycles. The van der Waals surface area contributed by atoms with Gasteiger partial charge < -0.3 is 5.32 Å². The maximum absolute atomic E-state index is 4.55. The van der Waals surface area contributed by atoms with Crippen molar-refractivity contribution < 1.29 is 0 Å². The van der Waals surface area contributed by atoms with Crippen LogP contribution >= 0.6 is 0 Å². The Hall–Kier alpha value is -2.30. The third kappa shape index (κ3) is 1.78. The first kappa shape index (κ1) is 10.6. The van der Waals surface area contributed by atoms with Gasteiger partial charge >= 0.3 is 0 Å². The Morgan fingerprint density at radius 2 is 2.16 bits per heavy atom. The van der Waals surface area contributed by atoms with Crippen LogP contribution in [0.4, 0.5) is 11.6 Å². The van der Waals surface area contributed by atoms with Gasteiger partial charge in [0, 0.05) is 24.4 Å². The summed E-state index contributed by atoms with van der Waals surface area (Å²) < 4.78 is 1.89. The van der Waals surface area contributed by atoms with E-state index in [9.17, 15) is 0 Å². The molecular formula is C14H15N5. The van der Waals surface area contributed by atoms with Gasteiger partial charge in [-0.25, -0.2) is 0 Å². The maximum atomic E-state index is 4.55. The molecule has 1 fully saturated rings. The highest BCUT2D eigenvalue weighted by atomic mass is 15.3. The maximum Gasteiger partial charge on any atom is 0.161 e. The van der Waals surface area contributed by atoms with E-state index in [1.807, 2.05) is 29.9 Å². The second kappa shape index (κ2) is 3.85. The van der Waals surface area contributed by atoms with Gasteiger partial charge in [-0.1, -0.05) is 12.1 Å². The van der Waals surface area contributed by atoms with Crippen LogP contribution in [0.3, 0.4) is 0 Å². The molecule has 0 unspecified atom stereocenters. The predicted octanol–water partition coefficient (Wildman–Crippen LogP) is 2.92. The Kier molecular flexibility index (Phi) is 2.15. The zero-order valence-corrected chi connectivity index (χ0v) is 10.7. The van der Waals surface area contributed by atoms with E-state index in [0.29, 0.717) is 5.92 Å². The minimum Gasteiger partial charge on any atom is -0.323 e. The van der Waals surface area contributed by atoms with Crippen LogP contribution in [0.1, 0.15) is 24.5 Å². The molecule has 0 aliphatic heterocycles. The van der Waals surface area contributed by atoms with Gasteiger partial charge in [0.25, 0.3) is 0 Å².